The largest absolute Gasteiger partial charge is 0.466 e. The highest BCUT2D eigenvalue weighted by atomic mass is 79.9. The zero-order valence-corrected chi connectivity index (χ0v) is 24.8. The van der Waals surface area contributed by atoms with Crippen molar-refractivity contribution >= 4 is 33.7 Å². The van der Waals surface area contributed by atoms with E-state index in [2.05, 4.69) is 42.0 Å². The van der Waals surface area contributed by atoms with Crippen LogP contribution >= 0.6 is 15.9 Å². The zero-order valence-electron chi connectivity index (χ0n) is 23.2. The molecule has 8 nitrogen and oxygen atoms in total. The van der Waals surface area contributed by atoms with E-state index in [0.29, 0.717) is 19.3 Å². The van der Waals surface area contributed by atoms with Crippen molar-refractivity contribution in [1.82, 2.24) is 10.2 Å². The summed E-state index contributed by atoms with van der Waals surface area (Å²) in [6.07, 6.45) is 0.921. The van der Waals surface area contributed by atoms with Gasteiger partial charge in [0.2, 0.25) is 11.8 Å². The van der Waals surface area contributed by atoms with Gasteiger partial charge in [-0.1, -0.05) is 67.0 Å². The molecule has 3 aliphatic heterocycles. The summed E-state index contributed by atoms with van der Waals surface area (Å²) in [6, 6.07) is 7.92. The number of aliphatic hydroxyl groups excluding tert-OH is 1. The van der Waals surface area contributed by atoms with E-state index in [9.17, 15) is 19.5 Å². The molecule has 0 radical (unpaired) electrons. The Labute approximate surface area is 233 Å². The van der Waals surface area contributed by atoms with E-state index in [1.807, 2.05) is 44.2 Å². The molecule has 0 aliphatic carbocycles. The van der Waals surface area contributed by atoms with Gasteiger partial charge in [0.15, 0.2) is 0 Å². The van der Waals surface area contributed by atoms with Crippen LogP contribution in [0.2, 0.25) is 0 Å². The maximum atomic E-state index is 14.2. The van der Waals surface area contributed by atoms with Gasteiger partial charge in [-0.15, -0.1) is 0 Å². The number of hydrogen-bond donors (Lipinski definition) is 2. The Morgan fingerprint density at radius 3 is 2.47 bits per heavy atom. The summed E-state index contributed by atoms with van der Waals surface area (Å²) in [5.74, 6) is -2.83. The van der Waals surface area contributed by atoms with E-state index in [4.69, 9.17) is 9.47 Å². The van der Waals surface area contributed by atoms with Crippen LogP contribution in [0.4, 0.5) is 0 Å². The number of ether oxygens (including phenoxy) is 2. The van der Waals surface area contributed by atoms with Gasteiger partial charge in [0.05, 0.1) is 37.2 Å². The molecule has 2 bridgehead atoms. The molecule has 3 saturated heterocycles. The lowest BCUT2D eigenvalue weighted by Crippen LogP contribution is -2.61. The maximum absolute atomic E-state index is 14.2. The van der Waals surface area contributed by atoms with E-state index < -0.39 is 47.1 Å². The summed E-state index contributed by atoms with van der Waals surface area (Å²) in [6.45, 7) is 11.9. The van der Waals surface area contributed by atoms with Gasteiger partial charge in [-0.25, -0.2) is 0 Å². The summed E-state index contributed by atoms with van der Waals surface area (Å²) < 4.78 is 11.9. The molecule has 2 amide bonds. The van der Waals surface area contributed by atoms with Gasteiger partial charge in [0.1, 0.15) is 11.6 Å². The molecule has 0 aromatic heterocycles. The van der Waals surface area contributed by atoms with Crippen molar-refractivity contribution in [3.8, 4) is 0 Å². The molecule has 7 atom stereocenters. The number of carbonyl (C=O) groups excluding carboxylic acids is 3. The number of hydrogen-bond acceptors (Lipinski definition) is 6. The molecular weight excluding hydrogens is 552 g/mol. The number of likely N-dealkylation sites (tertiary alicyclic amines) is 1. The van der Waals surface area contributed by atoms with E-state index in [1.165, 1.54) is 4.90 Å². The lowest BCUT2D eigenvalue weighted by molar-refractivity contribution is -0.155. The molecular formula is C29H41BrN2O6. The molecule has 2 N–H and O–H groups in total. The first-order chi connectivity index (χ1) is 17.7. The molecule has 0 saturated carbocycles. The molecule has 3 fully saturated rings. The van der Waals surface area contributed by atoms with Crippen molar-refractivity contribution in [2.75, 3.05) is 13.2 Å². The van der Waals surface area contributed by atoms with Gasteiger partial charge >= 0.3 is 5.97 Å². The number of esters is 1. The van der Waals surface area contributed by atoms with Crippen LogP contribution in [0.5, 0.6) is 0 Å². The van der Waals surface area contributed by atoms with Gasteiger partial charge in [0.25, 0.3) is 0 Å². The van der Waals surface area contributed by atoms with Gasteiger partial charge in [-0.05, 0) is 51.0 Å². The van der Waals surface area contributed by atoms with Crippen molar-refractivity contribution < 1.29 is 29.0 Å². The first-order valence-corrected chi connectivity index (χ1v) is 14.4. The van der Waals surface area contributed by atoms with Crippen LogP contribution < -0.4 is 5.32 Å². The van der Waals surface area contributed by atoms with Crippen molar-refractivity contribution in [3.05, 3.63) is 35.9 Å². The third-order valence-corrected chi connectivity index (χ3v) is 8.73. The predicted octanol–water partition coefficient (Wildman–Crippen LogP) is 3.23. The number of fused-ring (bicyclic) bond motifs is 1. The highest BCUT2D eigenvalue weighted by Crippen LogP contribution is 2.60. The maximum Gasteiger partial charge on any atom is 0.312 e. The van der Waals surface area contributed by atoms with Crippen LogP contribution in [-0.4, -0.2) is 75.2 Å². The summed E-state index contributed by atoms with van der Waals surface area (Å²) in [5, 5.41) is 13.7. The lowest BCUT2D eigenvalue weighted by atomic mass is 9.70. The molecule has 9 heteroatoms. The first-order valence-electron chi connectivity index (χ1n) is 13.5. The van der Waals surface area contributed by atoms with Crippen molar-refractivity contribution in [3.63, 3.8) is 0 Å². The van der Waals surface area contributed by atoms with Gasteiger partial charge in [-0.2, -0.15) is 0 Å². The van der Waals surface area contributed by atoms with Crippen LogP contribution in [0.1, 0.15) is 59.9 Å². The molecule has 210 valence electrons. The standard InChI is InChI=1S/C29H41BrN2O6/c1-7-37-26(36)20-21-25(35)32(18(15-33)13-17-11-9-8-10-12-17)23(29(21)14-19(30)22(20)38-29)24(34)31-28(5,6)16-27(2,3)4/h8-12,18-23,33H,7,13-16H2,1-6H3,(H,31,34)/t18-,19?,20-,21+,22-,23-,29+/m1/s1. The number of amides is 2. The lowest BCUT2D eigenvalue weighted by Gasteiger charge is -2.40. The third-order valence-electron chi connectivity index (χ3n) is 7.89. The fraction of sp³-hybridized carbons (Fsp3) is 0.690. The molecule has 38 heavy (non-hydrogen) atoms. The highest BCUT2D eigenvalue weighted by molar-refractivity contribution is 9.09. The first kappa shape index (κ1) is 29.0. The van der Waals surface area contributed by atoms with Crippen LogP contribution in [0, 0.1) is 17.3 Å². The number of aliphatic hydroxyl groups is 1. The smallest absolute Gasteiger partial charge is 0.312 e. The molecule has 4 rings (SSSR count). The normalized spacial score (nSPS) is 31.3. The van der Waals surface area contributed by atoms with Crippen LogP contribution in [0.25, 0.3) is 0 Å². The minimum absolute atomic E-state index is 0.0397. The second-order valence-corrected chi connectivity index (χ2v) is 14.0. The van der Waals surface area contributed by atoms with Crippen LogP contribution in [-0.2, 0) is 30.3 Å². The molecule has 1 aromatic rings. The highest BCUT2D eigenvalue weighted by Gasteiger charge is 2.77. The Morgan fingerprint density at radius 2 is 1.89 bits per heavy atom. The molecule has 1 spiro atoms. The Balaban J connectivity index is 1.76. The van der Waals surface area contributed by atoms with E-state index in [0.717, 1.165) is 5.56 Å². The number of rotatable bonds is 9. The quantitative estimate of drug-likeness (QED) is 0.337. The van der Waals surface area contributed by atoms with Gasteiger partial charge in [-0.3, -0.25) is 14.4 Å². The summed E-state index contributed by atoms with van der Waals surface area (Å²) in [7, 11) is 0. The number of carbonyl (C=O) groups is 3. The van der Waals surface area contributed by atoms with Crippen LogP contribution in [0.3, 0.4) is 0 Å². The second-order valence-electron chi connectivity index (χ2n) is 12.8. The second kappa shape index (κ2) is 10.5. The average Bonchev–Trinajstić information content (AvgIpc) is 3.39. The molecule has 3 aliphatic rings. The minimum atomic E-state index is -1.20. The Bertz CT molecular complexity index is 1060. The molecule has 1 aromatic carbocycles. The monoisotopic (exact) mass is 592 g/mol. The Kier molecular flexibility index (Phi) is 8.05. The SMILES string of the molecule is CCOC(=O)[C@H]1[C@@H]2O[C@@]3(CC2Br)[C@@H]1C(=O)N([C@@H](CO)Cc1ccccc1)[C@@H]3C(=O)NC(C)(C)CC(C)(C)C. The van der Waals surface area contributed by atoms with Crippen molar-refractivity contribution in [2.24, 2.45) is 17.3 Å². The molecule has 1 unspecified atom stereocenters. The van der Waals surface area contributed by atoms with Crippen molar-refractivity contribution in [1.29, 1.82) is 0 Å². The number of nitrogens with zero attached hydrogens (tertiary/aromatic N) is 1. The minimum Gasteiger partial charge on any atom is -0.466 e. The van der Waals surface area contributed by atoms with Crippen molar-refractivity contribution in [2.45, 2.75) is 95.0 Å². The van der Waals surface area contributed by atoms with E-state index in [1.54, 1.807) is 6.92 Å². The fourth-order valence-corrected chi connectivity index (χ4v) is 8.12. The number of benzene rings is 1. The Hall–Kier alpha value is -1.97. The Morgan fingerprint density at radius 1 is 1.24 bits per heavy atom. The summed E-state index contributed by atoms with van der Waals surface area (Å²) in [5.41, 5.74) is -0.856. The number of halogens is 1. The number of alkyl halides is 1. The third kappa shape index (κ3) is 5.26. The van der Waals surface area contributed by atoms with Gasteiger partial charge < -0.3 is 24.8 Å². The average molecular weight is 594 g/mol. The topological polar surface area (TPSA) is 105 Å². The number of nitrogens with one attached hydrogen (secondary N) is 1. The zero-order chi connectivity index (χ0) is 28.0. The fourth-order valence-electron chi connectivity index (χ4n) is 7.18. The van der Waals surface area contributed by atoms with Gasteiger partial charge in [0, 0.05) is 10.4 Å². The van der Waals surface area contributed by atoms with Crippen LogP contribution in [0.15, 0.2) is 30.3 Å². The van der Waals surface area contributed by atoms with E-state index >= 15 is 0 Å². The predicted molar refractivity (Wildman–Crippen MR) is 146 cm³/mol. The molecule has 3 heterocycles. The van der Waals surface area contributed by atoms with E-state index in [-0.39, 0.29) is 35.3 Å². The summed E-state index contributed by atoms with van der Waals surface area (Å²) in [4.78, 5) is 42.9. The summed E-state index contributed by atoms with van der Waals surface area (Å²) >= 11 is 3.67.